The first kappa shape index (κ1) is 16.8. The van der Waals surface area contributed by atoms with Crippen LogP contribution >= 0.6 is 39.9 Å². The van der Waals surface area contributed by atoms with Crippen molar-refractivity contribution in [3.05, 3.63) is 28.7 Å². The summed E-state index contributed by atoms with van der Waals surface area (Å²) in [5.74, 6) is 1.13. The minimum Gasteiger partial charge on any atom is -0.357 e. The van der Waals surface area contributed by atoms with Crippen molar-refractivity contribution in [3.8, 4) is 0 Å². The molecule has 0 unspecified atom stereocenters. The summed E-state index contributed by atoms with van der Waals surface area (Å²) >= 11 is 10.2. The number of hydrogen-bond donors (Lipinski definition) is 1. The number of piperidine rings is 1. The Morgan fingerprint density at radius 1 is 1.38 bits per heavy atom. The summed E-state index contributed by atoms with van der Waals surface area (Å²) in [6, 6.07) is 7.55. The number of carbonyl (C=O) groups excluding carboxylic acids is 1. The van der Waals surface area contributed by atoms with Crippen LogP contribution in [0.4, 0.5) is 5.69 Å². The van der Waals surface area contributed by atoms with Crippen molar-refractivity contribution in [2.45, 2.75) is 19.8 Å². The SMILES string of the molecule is CC1CCN(C(=S)SCC(=O)Nc2ccc(Br)cc2)CC1. The van der Waals surface area contributed by atoms with E-state index in [1.807, 2.05) is 24.3 Å². The first-order valence-corrected chi connectivity index (χ1v) is 9.20. The lowest BCUT2D eigenvalue weighted by Crippen LogP contribution is -2.36. The van der Waals surface area contributed by atoms with Gasteiger partial charge in [0.25, 0.3) is 0 Å². The highest BCUT2D eigenvalue weighted by Gasteiger charge is 2.18. The number of thioether (sulfide) groups is 1. The largest absolute Gasteiger partial charge is 0.357 e. The molecule has 1 fully saturated rings. The molecule has 21 heavy (non-hydrogen) atoms. The Bertz CT molecular complexity index is 499. The second-order valence-corrected chi connectivity index (χ2v) is 7.80. The lowest BCUT2D eigenvalue weighted by atomic mass is 10.00. The van der Waals surface area contributed by atoms with Crippen molar-refractivity contribution in [3.63, 3.8) is 0 Å². The van der Waals surface area contributed by atoms with Gasteiger partial charge in [0, 0.05) is 23.2 Å². The van der Waals surface area contributed by atoms with E-state index in [9.17, 15) is 4.79 Å². The zero-order valence-corrected chi connectivity index (χ0v) is 15.2. The molecule has 1 amide bonds. The number of likely N-dealkylation sites (tertiary alicyclic amines) is 1. The van der Waals surface area contributed by atoms with Gasteiger partial charge >= 0.3 is 0 Å². The lowest BCUT2D eigenvalue weighted by Gasteiger charge is -2.31. The van der Waals surface area contributed by atoms with Gasteiger partial charge in [0.1, 0.15) is 4.32 Å². The van der Waals surface area contributed by atoms with Crippen molar-refractivity contribution in [2.24, 2.45) is 5.92 Å². The summed E-state index contributed by atoms with van der Waals surface area (Å²) in [4.78, 5) is 14.1. The second-order valence-electron chi connectivity index (χ2n) is 5.28. The molecule has 0 aliphatic carbocycles. The molecule has 1 aromatic carbocycles. The molecular formula is C15H19BrN2OS2. The molecule has 1 saturated heterocycles. The summed E-state index contributed by atoms with van der Waals surface area (Å²) < 4.78 is 1.84. The highest BCUT2D eigenvalue weighted by Crippen LogP contribution is 2.20. The molecule has 0 radical (unpaired) electrons. The molecule has 3 nitrogen and oxygen atoms in total. The zero-order chi connectivity index (χ0) is 15.2. The molecule has 114 valence electrons. The fourth-order valence-corrected chi connectivity index (χ4v) is 3.46. The third-order valence-corrected chi connectivity index (χ3v) is 5.55. The highest BCUT2D eigenvalue weighted by molar-refractivity contribution is 9.10. The Hall–Kier alpha value is -0.590. The Labute approximate surface area is 144 Å². The van der Waals surface area contributed by atoms with Crippen LogP contribution in [-0.2, 0) is 4.79 Å². The predicted octanol–water partition coefficient (Wildman–Crippen LogP) is 4.14. The molecule has 0 aromatic heterocycles. The van der Waals surface area contributed by atoms with Gasteiger partial charge in [-0.2, -0.15) is 0 Å². The molecule has 2 rings (SSSR count). The topological polar surface area (TPSA) is 32.3 Å². The molecule has 6 heteroatoms. The highest BCUT2D eigenvalue weighted by atomic mass is 79.9. The molecule has 0 saturated carbocycles. The maximum atomic E-state index is 11.9. The Morgan fingerprint density at radius 2 is 2.00 bits per heavy atom. The van der Waals surface area contributed by atoms with Crippen LogP contribution in [0.3, 0.4) is 0 Å². The first-order chi connectivity index (χ1) is 10.0. The maximum Gasteiger partial charge on any atom is 0.234 e. The van der Waals surface area contributed by atoms with Gasteiger partial charge in [-0.05, 0) is 43.0 Å². The average Bonchev–Trinajstić information content (AvgIpc) is 2.48. The zero-order valence-electron chi connectivity index (χ0n) is 12.0. The number of thiocarbonyl (C=S) groups is 1. The Kier molecular flexibility index (Phi) is 6.51. The minimum atomic E-state index is -0.0185. The van der Waals surface area contributed by atoms with E-state index in [-0.39, 0.29) is 5.91 Å². The monoisotopic (exact) mass is 386 g/mol. The summed E-state index contributed by atoms with van der Waals surface area (Å²) in [5, 5.41) is 2.88. The first-order valence-electron chi connectivity index (χ1n) is 7.01. The van der Waals surface area contributed by atoms with E-state index in [0.717, 1.165) is 33.5 Å². The molecule has 1 aliphatic heterocycles. The van der Waals surface area contributed by atoms with Crippen molar-refractivity contribution in [2.75, 3.05) is 24.2 Å². The third kappa shape index (κ3) is 5.60. The summed E-state index contributed by atoms with van der Waals surface area (Å²) in [6.45, 7) is 4.31. The quantitative estimate of drug-likeness (QED) is 0.791. The van der Waals surface area contributed by atoms with Gasteiger partial charge < -0.3 is 10.2 Å². The normalized spacial score (nSPS) is 15.8. The van der Waals surface area contributed by atoms with Crippen molar-refractivity contribution >= 4 is 55.8 Å². The standard InChI is InChI=1S/C15H19BrN2OS2/c1-11-6-8-18(9-7-11)15(20)21-10-14(19)17-13-4-2-12(16)3-5-13/h2-5,11H,6-10H2,1H3,(H,17,19). The van der Waals surface area contributed by atoms with Crippen LogP contribution in [0, 0.1) is 5.92 Å². The lowest BCUT2D eigenvalue weighted by molar-refractivity contribution is -0.113. The number of anilines is 1. The van der Waals surface area contributed by atoms with Crippen LogP contribution in [0.15, 0.2) is 28.7 Å². The van der Waals surface area contributed by atoms with E-state index in [0.29, 0.717) is 5.75 Å². The molecule has 1 aromatic rings. The van der Waals surface area contributed by atoms with E-state index in [1.54, 1.807) is 0 Å². The predicted molar refractivity (Wildman–Crippen MR) is 97.8 cm³/mol. The molecule has 0 atom stereocenters. The number of benzene rings is 1. The fraction of sp³-hybridized carbons (Fsp3) is 0.467. The van der Waals surface area contributed by atoms with E-state index in [1.165, 1.54) is 24.6 Å². The van der Waals surface area contributed by atoms with Crippen molar-refractivity contribution in [1.29, 1.82) is 0 Å². The minimum absolute atomic E-state index is 0.0185. The van der Waals surface area contributed by atoms with E-state index >= 15 is 0 Å². The van der Waals surface area contributed by atoms with Crippen LogP contribution in [0.25, 0.3) is 0 Å². The third-order valence-electron chi connectivity index (χ3n) is 3.50. The Morgan fingerprint density at radius 3 is 2.62 bits per heavy atom. The smallest absolute Gasteiger partial charge is 0.234 e. The maximum absolute atomic E-state index is 11.9. The van der Waals surface area contributed by atoms with Gasteiger partial charge in [0.2, 0.25) is 5.91 Å². The van der Waals surface area contributed by atoms with Crippen LogP contribution in [0.2, 0.25) is 0 Å². The number of amides is 1. The van der Waals surface area contributed by atoms with E-state index in [2.05, 4.69) is 33.1 Å². The average molecular weight is 387 g/mol. The Balaban J connectivity index is 1.73. The molecule has 0 spiro atoms. The second kappa shape index (κ2) is 8.15. The summed E-state index contributed by atoms with van der Waals surface area (Å²) in [6.07, 6.45) is 2.37. The van der Waals surface area contributed by atoms with Crippen molar-refractivity contribution < 1.29 is 4.79 Å². The van der Waals surface area contributed by atoms with Gasteiger partial charge in [-0.3, -0.25) is 4.79 Å². The molecule has 0 bridgehead atoms. The van der Waals surface area contributed by atoms with E-state index in [4.69, 9.17) is 12.2 Å². The van der Waals surface area contributed by atoms with Gasteiger partial charge in [-0.1, -0.05) is 46.8 Å². The number of carbonyl (C=O) groups is 1. The van der Waals surface area contributed by atoms with Gasteiger partial charge in [0.05, 0.1) is 5.75 Å². The number of nitrogens with zero attached hydrogens (tertiary/aromatic N) is 1. The van der Waals surface area contributed by atoms with Gasteiger partial charge in [-0.15, -0.1) is 0 Å². The number of halogens is 1. The molecule has 1 aliphatic rings. The number of nitrogens with one attached hydrogen (secondary N) is 1. The molecule has 1 heterocycles. The van der Waals surface area contributed by atoms with Crippen LogP contribution in [0.1, 0.15) is 19.8 Å². The number of hydrogen-bond acceptors (Lipinski definition) is 3. The van der Waals surface area contributed by atoms with Gasteiger partial charge in [-0.25, -0.2) is 0 Å². The van der Waals surface area contributed by atoms with Crippen LogP contribution in [0.5, 0.6) is 0 Å². The summed E-state index contributed by atoms with van der Waals surface area (Å²) in [5.41, 5.74) is 0.807. The fourth-order valence-electron chi connectivity index (χ4n) is 2.14. The van der Waals surface area contributed by atoms with E-state index < -0.39 is 0 Å². The van der Waals surface area contributed by atoms with Crippen LogP contribution in [-0.4, -0.2) is 34.0 Å². The van der Waals surface area contributed by atoms with Gasteiger partial charge in [0.15, 0.2) is 0 Å². The molecule has 1 N–H and O–H groups in total. The molecular weight excluding hydrogens is 368 g/mol. The van der Waals surface area contributed by atoms with Crippen molar-refractivity contribution in [1.82, 2.24) is 4.90 Å². The number of rotatable bonds is 3. The summed E-state index contributed by atoms with van der Waals surface area (Å²) in [7, 11) is 0. The van der Waals surface area contributed by atoms with Crippen LogP contribution < -0.4 is 5.32 Å².